The number of hydrogen-bond acceptors (Lipinski definition) is 4. The number of nitro benzene ring substituents is 1. The monoisotopic (exact) mass is 296 g/mol. The number of anilines is 1. The Balaban J connectivity index is 3.00. The molecule has 0 unspecified atom stereocenters. The van der Waals surface area contributed by atoms with Crippen molar-refractivity contribution in [2.45, 2.75) is 19.3 Å². The molecule has 9 heteroatoms. The van der Waals surface area contributed by atoms with Crippen molar-refractivity contribution in [3.8, 4) is 5.75 Å². The van der Waals surface area contributed by atoms with E-state index in [1.165, 1.54) is 12.1 Å². The first-order valence-corrected chi connectivity index (χ1v) is 5.59. The van der Waals surface area contributed by atoms with Crippen molar-refractivity contribution < 1.29 is 27.2 Å². The fraction of sp³-hybridized carbons (Fsp3) is 0.455. The highest BCUT2D eigenvalue weighted by atomic mass is 19.3. The van der Waals surface area contributed by atoms with Gasteiger partial charge in [0.2, 0.25) is 0 Å². The van der Waals surface area contributed by atoms with Crippen LogP contribution in [0.25, 0.3) is 0 Å². The number of para-hydroxylation sites is 1. The lowest BCUT2D eigenvalue weighted by Crippen LogP contribution is -2.33. The smallest absolute Gasteiger partial charge is 0.340 e. The Kier molecular flexibility index (Phi) is 5.12. The summed E-state index contributed by atoms with van der Waals surface area (Å²) < 4.78 is 54.0. The number of rotatable bonds is 7. The summed E-state index contributed by atoms with van der Waals surface area (Å²) in [6, 6.07) is 3.76. The Morgan fingerprint density at radius 2 is 2.10 bits per heavy atom. The van der Waals surface area contributed by atoms with Crippen LogP contribution in [0.4, 0.5) is 28.9 Å². The van der Waals surface area contributed by atoms with Crippen LogP contribution >= 0.6 is 0 Å². The molecule has 0 aliphatic carbocycles. The van der Waals surface area contributed by atoms with E-state index < -0.39 is 35.3 Å². The van der Waals surface area contributed by atoms with Gasteiger partial charge in [-0.3, -0.25) is 10.1 Å². The molecule has 112 valence electrons. The second kappa shape index (κ2) is 6.40. The molecule has 0 spiro atoms. The quantitative estimate of drug-likeness (QED) is 0.476. The number of nitrogens with one attached hydrogen (secondary N) is 1. The minimum atomic E-state index is -4.37. The van der Waals surface area contributed by atoms with E-state index >= 15 is 0 Å². The molecule has 0 saturated heterocycles. The Morgan fingerprint density at radius 1 is 1.45 bits per heavy atom. The summed E-state index contributed by atoms with van der Waals surface area (Å²) in [4.78, 5) is 10.1. The molecule has 1 N–H and O–H groups in total. The number of benzene rings is 1. The van der Waals surface area contributed by atoms with Crippen LogP contribution in [0.15, 0.2) is 18.2 Å². The van der Waals surface area contributed by atoms with Crippen LogP contribution in [-0.4, -0.2) is 30.4 Å². The van der Waals surface area contributed by atoms with E-state index in [0.29, 0.717) is 6.54 Å². The third kappa shape index (κ3) is 3.72. The molecule has 0 atom stereocenters. The van der Waals surface area contributed by atoms with Crippen molar-refractivity contribution in [2.75, 3.05) is 18.5 Å². The predicted molar refractivity (Wildman–Crippen MR) is 63.7 cm³/mol. The molecule has 0 heterocycles. The summed E-state index contributed by atoms with van der Waals surface area (Å²) in [6.45, 7) is 0.404. The number of alkyl halides is 4. The number of hydrogen-bond donors (Lipinski definition) is 1. The van der Waals surface area contributed by atoms with Crippen molar-refractivity contribution in [1.82, 2.24) is 0 Å². The molecule has 1 aromatic carbocycles. The number of nitro groups is 1. The van der Waals surface area contributed by atoms with Gasteiger partial charge in [0.1, 0.15) is 5.69 Å². The molecular weight excluding hydrogens is 284 g/mol. The first-order chi connectivity index (χ1) is 9.29. The van der Waals surface area contributed by atoms with E-state index in [4.69, 9.17) is 0 Å². The number of nitrogens with zero attached hydrogens (tertiary/aromatic N) is 1. The highest BCUT2D eigenvalue weighted by molar-refractivity contribution is 5.68. The Labute approximate surface area is 111 Å². The van der Waals surface area contributed by atoms with Crippen LogP contribution < -0.4 is 10.1 Å². The summed E-state index contributed by atoms with van der Waals surface area (Å²) in [7, 11) is 0. The van der Waals surface area contributed by atoms with Gasteiger partial charge in [-0.15, -0.1) is 0 Å². The van der Waals surface area contributed by atoms with Crippen molar-refractivity contribution in [3.63, 3.8) is 0 Å². The Morgan fingerprint density at radius 3 is 2.60 bits per heavy atom. The normalized spacial score (nSPS) is 11.5. The maximum absolute atomic E-state index is 12.8. The maximum atomic E-state index is 12.8. The van der Waals surface area contributed by atoms with Crippen molar-refractivity contribution in [1.29, 1.82) is 0 Å². The van der Waals surface area contributed by atoms with Gasteiger partial charge >= 0.3 is 18.0 Å². The van der Waals surface area contributed by atoms with E-state index in [0.717, 1.165) is 6.07 Å². The van der Waals surface area contributed by atoms with Crippen molar-refractivity contribution >= 4 is 11.4 Å². The molecule has 20 heavy (non-hydrogen) atoms. The average molecular weight is 296 g/mol. The van der Waals surface area contributed by atoms with Gasteiger partial charge in [0, 0.05) is 6.54 Å². The molecule has 0 amide bonds. The zero-order valence-electron chi connectivity index (χ0n) is 10.4. The molecule has 0 aliphatic rings. The molecule has 1 rings (SSSR count). The molecular formula is C11H12F4N2O3. The molecule has 5 nitrogen and oxygen atoms in total. The van der Waals surface area contributed by atoms with Crippen molar-refractivity contribution in [3.05, 3.63) is 28.3 Å². The van der Waals surface area contributed by atoms with Crippen LogP contribution in [0.2, 0.25) is 0 Å². The first-order valence-electron chi connectivity index (χ1n) is 5.59. The van der Waals surface area contributed by atoms with E-state index in [-0.39, 0.29) is 5.69 Å². The average Bonchev–Trinajstić information content (AvgIpc) is 2.36. The molecule has 1 aromatic rings. The highest BCUT2D eigenvalue weighted by Crippen LogP contribution is 2.36. The maximum Gasteiger partial charge on any atom is 0.340 e. The summed E-state index contributed by atoms with van der Waals surface area (Å²) >= 11 is 0. The second-order valence-corrected chi connectivity index (χ2v) is 3.79. The van der Waals surface area contributed by atoms with E-state index in [2.05, 4.69) is 10.1 Å². The topological polar surface area (TPSA) is 64.4 Å². The van der Waals surface area contributed by atoms with Gasteiger partial charge in [0.25, 0.3) is 0 Å². The largest absolute Gasteiger partial charge is 0.480 e. The minimum Gasteiger partial charge on any atom is -0.480 e. The summed E-state index contributed by atoms with van der Waals surface area (Å²) in [6.07, 6.45) is -3.90. The SMILES string of the molecule is CCNc1cccc(OCC(F)(F)C(F)F)c1[N+](=O)[O-]. The van der Waals surface area contributed by atoms with Crippen LogP contribution in [0.5, 0.6) is 5.75 Å². The van der Waals surface area contributed by atoms with Crippen LogP contribution in [-0.2, 0) is 0 Å². The van der Waals surface area contributed by atoms with Crippen molar-refractivity contribution in [2.24, 2.45) is 0 Å². The number of ether oxygens (including phenoxy) is 1. The minimum absolute atomic E-state index is 0.0652. The standard InChI is InChI=1S/C11H12F4N2O3/c1-2-16-7-4-3-5-8(9(7)17(18)19)20-6-11(14,15)10(12)13/h3-5,10,16H,2,6H2,1H3. The zero-order chi connectivity index (χ0) is 15.3. The summed E-state index contributed by atoms with van der Waals surface area (Å²) in [5, 5.41) is 13.6. The lowest BCUT2D eigenvalue weighted by Gasteiger charge is -2.16. The van der Waals surface area contributed by atoms with E-state index in [1.54, 1.807) is 6.92 Å². The van der Waals surface area contributed by atoms with E-state index in [1.807, 2.05) is 0 Å². The third-order valence-corrected chi connectivity index (χ3v) is 2.29. The van der Waals surface area contributed by atoms with Gasteiger partial charge in [-0.1, -0.05) is 6.07 Å². The van der Waals surface area contributed by atoms with Crippen LogP contribution in [0, 0.1) is 10.1 Å². The van der Waals surface area contributed by atoms with Gasteiger partial charge in [0.05, 0.1) is 4.92 Å². The second-order valence-electron chi connectivity index (χ2n) is 3.79. The highest BCUT2D eigenvalue weighted by Gasteiger charge is 2.42. The zero-order valence-corrected chi connectivity index (χ0v) is 10.4. The van der Waals surface area contributed by atoms with Crippen LogP contribution in [0.3, 0.4) is 0 Å². The Hall–Kier alpha value is -2.06. The summed E-state index contributed by atoms with van der Waals surface area (Å²) in [5.74, 6) is -4.86. The lowest BCUT2D eigenvalue weighted by molar-refractivity contribution is -0.385. The van der Waals surface area contributed by atoms with Gasteiger partial charge in [-0.2, -0.15) is 8.78 Å². The molecule has 0 aromatic heterocycles. The lowest BCUT2D eigenvalue weighted by atomic mass is 10.2. The van der Waals surface area contributed by atoms with Gasteiger partial charge < -0.3 is 10.1 Å². The first kappa shape index (κ1) is 16.0. The molecule has 0 bridgehead atoms. The predicted octanol–water partition coefficient (Wildman–Crippen LogP) is 3.31. The van der Waals surface area contributed by atoms with Gasteiger partial charge in [-0.25, -0.2) is 8.78 Å². The molecule has 0 fully saturated rings. The summed E-state index contributed by atoms with van der Waals surface area (Å²) in [5.41, 5.74) is -0.505. The molecule has 0 radical (unpaired) electrons. The third-order valence-electron chi connectivity index (χ3n) is 2.29. The van der Waals surface area contributed by atoms with Crippen LogP contribution in [0.1, 0.15) is 6.92 Å². The number of halogens is 4. The fourth-order valence-corrected chi connectivity index (χ4v) is 1.40. The van der Waals surface area contributed by atoms with Gasteiger partial charge in [0.15, 0.2) is 12.4 Å². The van der Waals surface area contributed by atoms with E-state index in [9.17, 15) is 27.7 Å². The Bertz CT molecular complexity index is 483. The van der Waals surface area contributed by atoms with Gasteiger partial charge in [-0.05, 0) is 19.1 Å². The molecule has 0 saturated carbocycles. The molecule has 0 aliphatic heterocycles. The fourth-order valence-electron chi connectivity index (χ4n) is 1.40.